The van der Waals surface area contributed by atoms with E-state index in [4.69, 9.17) is 19.3 Å². The molecule has 2 atom stereocenters. The van der Waals surface area contributed by atoms with Crippen LogP contribution in [0.25, 0.3) is 0 Å². The third-order valence-electron chi connectivity index (χ3n) is 7.95. The summed E-state index contributed by atoms with van der Waals surface area (Å²) in [6.07, 6.45) is 8.83. The molecule has 0 spiro atoms. The van der Waals surface area contributed by atoms with Crippen LogP contribution in [-0.4, -0.2) is 99.2 Å². The van der Waals surface area contributed by atoms with Gasteiger partial charge in [0.05, 0.1) is 39.7 Å². The van der Waals surface area contributed by atoms with E-state index in [1.54, 1.807) is 14.2 Å². The summed E-state index contributed by atoms with van der Waals surface area (Å²) in [5.74, 6) is 2.71. The van der Waals surface area contributed by atoms with E-state index in [0.717, 1.165) is 68.1 Å². The first kappa shape index (κ1) is 24.1. The Hall–Kier alpha value is -2.58. The van der Waals surface area contributed by atoms with Crippen molar-refractivity contribution in [2.75, 3.05) is 66.7 Å². The Morgan fingerprint density at radius 1 is 1.03 bits per heavy atom. The molecule has 5 rings (SSSR count). The largest absolute Gasteiger partial charge is 0.493 e. The van der Waals surface area contributed by atoms with Crippen molar-refractivity contribution in [1.82, 2.24) is 14.8 Å². The summed E-state index contributed by atoms with van der Waals surface area (Å²) >= 11 is 0. The fourth-order valence-corrected chi connectivity index (χ4v) is 5.88. The van der Waals surface area contributed by atoms with Crippen LogP contribution < -0.4 is 9.47 Å². The van der Waals surface area contributed by atoms with Gasteiger partial charge < -0.3 is 19.1 Å². The van der Waals surface area contributed by atoms with Gasteiger partial charge >= 0.3 is 0 Å². The molecule has 0 saturated carbocycles. The summed E-state index contributed by atoms with van der Waals surface area (Å²) in [7, 11) is 3.35. The Kier molecular flexibility index (Phi) is 7.58. The number of amides is 1. The molecule has 1 aromatic rings. The van der Waals surface area contributed by atoms with Gasteiger partial charge in [0.1, 0.15) is 0 Å². The summed E-state index contributed by atoms with van der Waals surface area (Å²) in [6.45, 7) is 6.13. The predicted octanol–water partition coefficient (Wildman–Crippen LogP) is 2.63. The van der Waals surface area contributed by atoms with Crippen molar-refractivity contribution in [2.45, 2.75) is 31.7 Å². The van der Waals surface area contributed by atoms with Gasteiger partial charge in [0, 0.05) is 50.2 Å². The molecule has 0 bridgehead atoms. The SMILES string of the molecule is COc1ccc(C2=NN(C3CCN(CC(=O)N4CCOCC4)CC3)C[C@@H]3CC=CC[C@H]23)cc1OC. The number of rotatable bonds is 6. The van der Waals surface area contributed by atoms with Crippen molar-refractivity contribution in [3.63, 3.8) is 0 Å². The number of carbonyl (C=O) groups excluding carboxylic acids is 1. The minimum atomic E-state index is 0.232. The van der Waals surface area contributed by atoms with Crippen LogP contribution in [-0.2, 0) is 9.53 Å². The molecule has 4 aliphatic rings. The van der Waals surface area contributed by atoms with Gasteiger partial charge in [0.2, 0.25) is 5.91 Å². The minimum absolute atomic E-state index is 0.232. The number of morpholine rings is 1. The third kappa shape index (κ3) is 5.33. The molecule has 8 nitrogen and oxygen atoms in total. The first-order chi connectivity index (χ1) is 17.2. The average molecular weight is 483 g/mol. The van der Waals surface area contributed by atoms with Crippen LogP contribution in [0.3, 0.4) is 0 Å². The van der Waals surface area contributed by atoms with Crippen molar-refractivity contribution in [2.24, 2.45) is 16.9 Å². The van der Waals surface area contributed by atoms with E-state index >= 15 is 0 Å². The summed E-state index contributed by atoms with van der Waals surface area (Å²) < 4.78 is 16.4. The fourth-order valence-electron chi connectivity index (χ4n) is 5.88. The van der Waals surface area contributed by atoms with E-state index < -0.39 is 0 Å². The highest BCUT2D eigenvalue weighted by atomic mass is 16.5. The first-order valence-electron chi connectivity index (χ1n) is 13.0. The van der Waals surface area contributed by atoms with Gasteiger partial charge in [-0.1, -0.05) is 12.2 Å². The zero-order chi connectivity index (χ0) is 24.2. The van der Waals surface area contributed by atoms with E-state index in [1.165, 1.54) is 0 Å². The zero-order valence-corrected chi connectivity index (χ0v) is 21.0. The standard InChI is InChI=1S/C27H38N4O4/c1-33-24-8-7-20(17-25(24)34-2)27-23-6-4-3-5-21(23)18-31(28-27)22-9-11-29(12-10-22)19-26(32)30-13-15-35-16-14-30/h3-4,7-8,17,21-23H,5-6,9-16,18-19H2,1-2H3/t21-,23-/m0/s1. The van der Waals surface area contributed by atoms with Crippen LogP contribution in [0.4, 0.5) is 0 Å². The molecule has 3 heterocycles. The number of allylic oxidation sites excluding steroid dienone is 2. The number of hydrogen-bond donors (Lipinski definition) is 0. The van der Waals surface area contributed by atoms with Crippen LogP contribution in [0.5, 0.6) is 11.5 Å². The lowest BCUT2D eigenvalue weighted by atomic mass is 9.76. The van der Waals surface area contributed by atoms with Crippen LogP contribution in [0, 0.1) is 11.8 Å². The van der Waals surface area contributed by atoms with E-state index in [0.29, 0.717) is 50.7 Å². The molecule has 3 aliphatic heterocycles. The topological polar surface area (TPSA) is 66.8 Å². The Balaban J connectivity index is 1.28. The highest BCUT2D eigenvalue weighted by Crippen LogP contribution is 2.37. The van der Waals surface area contributed by atoms with E-state index in [1.807, 2.05) is 11.0 Å². The van der Waals surface area contributed by atoms with Gasteiger partial charge in [-0.2, -0.15) is 5.10 Å². The molecule has 0 N–H and O–H groups in total. The normalized spacial score (nSPS) is 25.7. The molecule has 2 saturated heterocycles. The van der Waals surface area contributed by atoms with Crippen molar-refractivity contribution in [3.8, 4) is 11.5 Å². The maximum Gasteiger partial charge on any atom is 0.236 e. The second kappa shape index (κ2) is 11.0. The molecule has 190 valence electrons. The second-order valence-electron chi connectivity index (χ2n) is 9.99. The number of benzene rings is 1. The molecule has 1 aromatic carbocycles. The monoisotopic (exact) mass is 482 g/mol. The minimum Gasteiger partial charge on any atom is -0.493 e. The Labute approximate surface area is 208 Å². The van der Waals surface area contributed by atoms with Crippen LogP contribution in [0.2, 0.25) is 0 Å². The highest BCUT2D eigenvalue weighted by molar-refractivity contribution is 6.03. The fraction of sp³-hybridized carbons (Fsp3) is 0.630. The number of methoxy groups -OCH3 is 2. The number of piperidine rings is 1. The molecule has 0 unspecified atom stereocenters. The molecular formula is C27H38N4O4. The molecule has 1 amide bonds. The maximum absolute atomic E-state index is 12.7. The number of likely N-dealkylation sites (tertiary alicyclic amines) is 1. The summed E-state index contributed by atoms with van der Waals surface area (Å²) in [5, 5.41) is 7.62. The predicted molar refractivity (Wildman–Crippen MR) is 135 cm³/mol. The molecule has 8 heteroatoms. The third-order valence-corrected chi connectivity index (χ3v) is 7.95. The molecule has 1 aliphatic carbocycles. The van der Waals surface area contributed by atoms with E-state index in [2.05, 4.69) is 34.2 Å². The summed E-state index contributed by atoms with van der Waals surface area (Å²) in [6, 6.07) is 6.56. The van der Waals surface area contributed by atoms with Crippen LogP contribution in [0.15, 0.2) is 35.5 Å². The first-order valence-corrected chi connectivity index (χ1v) is 13.0. The molecule has 0 radical (unpaired) electrons. The number of hydrogen-bond acceptors (Lipinski definition) is 7. The Bertz CT molecular complexity index is 950. The Morgan fingerprint density at radius 2 is 1.77 bits per heavy atom. The second-order valence-corrected chi connectivity index (χ2v) is 9.99. The van der Waals surface area contributed by atoms with Crippen molar-refractivity contribution < 1.29 is 19.0 Å². The van der Waals surface area contributed by atoms with Crippen molar-refractivity contribution in [3.05, 3.63) is 35.9 Å². The smallest absolute Gasteiger partial charge is 0.236 e. The number of fused-ring (bicyclic) bond motifs is 1. The lowest BCUT2D eigenvalue weighted by Gasteiger charge is -2.44. The van der Waals surface area contributed by atoms with Gasteiger partial charge in [0.15, 0.2) is 11.5 Å². The zero-order valence-electron chi connectivity index (χ0n) is 21.0. The maximum atomic E-state index is 12.7. The molecular weight excluding hydrogens is 444 g/mol. The quantitative estimate of drug-likeness (QED) is 0.581. The van der Waals surface area contributed by atoms with Crippen molar-refractivity contribution in [1.29, 1.82) is 0 Å². The average Bonchev–Trinajstić information content (AvgIpc) is 2.93. The van der Waals surface area contributed by atoms with Gasteiger partial charge in [0.25, 0.3) is 0 Å². The van der Waals surface area contributed by atoms with Crippen LogP contribution >= 0.6 is 0 Å². The van der Waals surface area contributed by atoms with Crippen molar-refractivity contribution >= 4 is 11.6 Å². The number of carbonyl (C=O) groups is 1. The summed E-state index contributed by atoms with van der Waals surface area (Å²) in [4.78, 5) is 16.9. The lowest BCUT2D eigenvalue weighted by molar-refractivity contribution is -0.136. The van der Waals surface area contributed by atoms with E-state index in [-0.39, 0.29) is 5.91 Å². The van der Waals surface area contributed by atoms with Gasteiger partial charge in [-0.3, -0.25) is 14.7 Å². The van der Waals surface area contributed by atoms with Gasteiger partial charge in [-0.15, -0.1) is 0 Å². The van der Waals surface area contributed by atoms with Crippen LogP contribution in [0.1, 0.15) is 31.2 Å². The van der Waals surface area contributed by atoms with Gasteiger partial charge in [-0.25, -0.2) is 0 Å². The molecule has 0 aromatic heterocycles. The highest BCUT2D eigenvalue weighted by Gasteiger charge is 2.37. The Morgan fingerprint density at radius 3 is 2.51 bits per heavy atom. The number of hydrazone groups is 1. The summed E-state index contributed by atoms with van der Waals surface area (Å²) in [5.41, 5.74) is 2.28. The van der Waals surface area contributed by atoms with E-state index in [9.17, 15) is 4.79 Å². The lowest BCUT2D eigenvalue weighted by Crippen LogP contribution is -2.51. The van der Waals surface area contributed by atoms with Gasteiger partial charge in [-0.05, 0) is 49.8 Å². The molecule has 2 fully saturated rings. The molecule has 35 heavy (non-hydrogen) atoms. The number of ether oxygens (including phenoxy) is 3. The number of nitrogens with zero attached hydrogens (tertiary/aromatic N) is 4.